The van der Waals surface area contributed by atoms with Crippen molar-refractivity contribution in [3.63, 3.8) is 0 Å². The summed E-state index contributed by atoms with van der Waals surface area (Å²) in [5.74, 6) is 1.18. The van der Waals surface area contributed by atoms with Crippen molar-refractivity contribution >= 4 is 5.91 Å². The van der Waals surface area contributed by atoms with Crippen molar-refractivity contribution in [3.05, 3.63) is 59.7 Å². The van der Waals surface area contributed by atoms with Gasteiger partial charge < -0.3 is 14.4 Å². The van der Waals surface area contributed by atoms with E-state index in [2.05, 4.69) is 6.07 Å². The molecule has 0 aliphatic carbocycles. The molecule has 0 N–H and O–H groups in total. The number of benzene rings is 2. The quantitative estimate of drug-likeness (QED) is 0.841. The van der Waals surface area contributed by atoms with Gasteiger partial charge in [0.2, 0.25) is 6.10 Å². The summed E-state index contributed by atoms with van der Waals surface area (Å²) in [6, 6.07) is 16.7. The Hall–Kier alpha value is -3.00. The van der Waals surface area contributed by atoms with Crippen LogP contribution in [0.3, 0.4) is 0 Å². The highest BCUT2D eigenvalue weighted by Crippen LogP contribution is 2.31. The minimum atomic E-state index is -0.639. The van der Waals surface area contributed by atoms with Crippen LogP contribution in [0, 0.1) is 11.3 Å². The zero-order valence-electron chi connectivity index (χ0n) is 14.1. The number of fused-ring (bicyclic) bond motifs is 1. The first-order chi connectivity index (χ1) is 12.2. The lowest BCUT2D eigenvalue weighted by molar-refractivity contribution is -0.141. The first-order valence-electron chi connectivity index (χ1n) is 8.37. The third kappa shape index (κ3) is 3.92. The maximum absolute atomic E-state index is 12.9. The molecule has 0 aromatic heterocycles. The summed E-state index contributed by atoms with van der Waals surface area (Å²) >= 11 is 0. The summed E-state index contributed by atoms with van der Waals surface area (Å²) < 4.78 is 11.5. The highest BCUT2D eigenvalue weighted by Gasteiger charge is 2.30. The van der Waals surface area contributed by atoms with Crippen molar-refractivity contribution < 1.29 is 14.3 Å². The standard InChI is InChI=1S/C20H20N2O3/c1-2-11-22(13-16-9-7-15(12-21)8-10-16)20(23)19-14-24-17-5-3-4-6-18(17)25-19/h3-10,19H,2,11,13-14H2,1H3. The van der Waals surface area contributed by atoms with Gasteiger partial charge in [0, 0.05) is 13.1 Å². The Balaban J connectivity index is 1.71. The van der Waals surface area contributed by atoms with E-state index in [1.54, 1.807) is 23.1 Å². The summed E-state index contributed by atoms with van der Waals surface area (Å²) in [6.07, 6.45) is 0.214. The van der Waals surface area contributed by atoms with Crippen molar-refractivity contribution in [1.29, 1.82) is 5.26 Å². The van der Waals surface area contributed by atoms with Gasteiger partial charge in [-0.2, -0.15) is 5.26 Å². The lowest BCUT2D eigenvalue weighted by Crippen LogP contribution is -2.46. The third-order valence-electron chi connectivity index (χ3n) is 4.05. The van der Waals surface area contributed by atoms with E-state index in [4.69, 9.17) is 14.7 Å². The van der Waals surface area contributed by atoms with Gasteiger partial charge in [0.25, 0.3) is 5.91 Å². The maximum atomic E-state index is 12.9. The minimum absolute atomic E-state index is 0.0827. The molecule has 128 valence electrons. The zero-order valence-corrected chi connectivity index (χ0v) is 14.1. The summed E-state index contributed by atoms with van der Waals surface area (Å²) in [4.78, 5) is 14.7. The van der Waals surface area contributed by atoms with Crippen LogP contribution in [0.2, 0.25) is 0 Å². The average Bonchev–Trinajstić information content (AvgIpc) is 2.67. The second kappa shape index (κ2) is 7.71. The van der Waals surface area contributed by atoms with E-state index >= 15 is 0 Å². The van der Waals surface area contributed by atoms with Crippen molar-refractivity contribution in [3.8, 4) is 17.6 Å². The zero-order chi connectivity index (χ0) is 17.6. The van der Waals surface area contributed by atoms with Gasteiger partial charge in [-0.25, -0.2) is 0 Å². The van der Waals surface area contributed by atoms with Gasteiger partial charge >= 0.3 is 0 Å². The van der Waals surface area contributed by atoms with Gasteiger partial charge in [0.1, 0.15) is 6.61 Å². The predicted octanol–water partition coefficient (Wildman–Crippen LogP) is 3.14. The molecular weight excluding hydrogens is 316 g/mol. The van der Waals surface area contributed by atoms with Crippen molar-refractivity contribution in [2.24, 2.45) is 0 Å². The number of ether oxygens (including phenoxy) is 2. The van der Waals surface area contributed by atoms with Gasteiger partial charge in [-0.15, -0.1) is 0 Å². The molecular formula is C20H20N2O3. The molecule has 0 spiro atoms. The van der Waals surface area contributed by atoms with Crippen LogP contribution in [-0.2, 0) is 11.3 Å². The van der Waals surface area contributed by atoms with Gasteiger partial charge in [0.05, 0.1) is 11.6 Å². The van der Waals surface area contributed by atoms with Gasteiger partial charge in [0.15, 0.2) is 11.5 Å². The van der Waals surface area contributed by atoms with Gasteiger partial charge in [-0.3, -0.25) is 4.79 Å². The van der Waals surface area contributed by atoms with Crippen LogP contribution >= 0.6 is 0 Å². The van der Waals surface area contributed by atoms with Gasteiger partial charge in [-0.1, -0.05) is 31.2 Å². The van der Waals surface area contributed by atoms with Crippen LogP contribution < -0.4 is 9.47 Å². The van der Waals surface area contributed by atoms with Crippen LogP contribution in [0.5, 0.6) is 11.5 Å². The predicted molar refractivity (Wildman–Crippen MR) is 93.2 cm³/mol. The van der Waals surface area contributed by atoms with E-state index in [-0.39, 0.29) is 12.5 Å². The Morgan fingerprint density at radius 1 is 1.20 bits per heavy atom. The fraction of sp³-hybridized carbons (Fsp3) is 0.300. The van der Waals surface area contributed by atoms with Crippen LogP contribution in [0.25, 0.3) is 0 Å². The molecule has 0 bridgehead atoms. The molecule has 1 atom stereocenters. The van der Waals surface area contributed by atoms with Crippen LogP contribution in [-0.4, -0.2) is 30.1 Å². The molecule has 3 rings (SSSR count). The molecule has 2 aromatic rings. The molecule has 5 nitrogen and oxygen atoms in total. The lowest BCUT2D eigenvalue weighted by Gasteiger charge is -2.30. The summed E-state index contributed by atoms with van der Waals surface area (Å²) in [7, 11) is 0. The second-order valence-corrected chi connectivity index (χ2v) is 5.93. The first kappa shape index (κ1) is 16.8. The van der Waals surface area contributed by atoms with Crippen molar-refractivity contribution in [2.45, 2.75) is 26.0 Å². The van der Waals surface area contributed by atoms with E-state index in [0.717, 1.165) is 12.0 Å². The molecule has 25 heavy (non-hydrogen) atoms. The SMILES string of the molecule is CCCN(Cc1ccc(C#N)cc1)C(=O)C1COc2ccccc2O1. The lowest BCUT2D eigenvalue weighted by atomic mass is 10.1. The average molecular weight is 336 g/mol. The topological polar surface area (TPSA) is 62.6 Å². The molecule has 0 radical (unpaired) electrons. The Bertz CT molecular complexity index is 780. The number of carbonyl (C=O) groups excluding carboxylic acids is 1. The number of para-hydroxylation sites is 2. The Kier molecular flexibility index (Phi) is 5.20. The Morgan fingerprint density at radius 3 is 2.60 bits per heavy atom. The highest BCUT2D eigenvalue weighted by molar-refractivity contribution is 5.82. The summed E-state index contributed by atoms with van der Waals surface area (Å²) in [5, 5.41) is 8.89. The summed E-state index contributed by atoms with van der Waals surface area (Å²) in [6.45, 7) is 3.37. The first-order valence-corrected chi connectivity index (χ1v) is 8.37. The Labute approximate surface area is 147 Å². The fourth-order valence-corrected chi connectivity index (χ4v) is 2.79. The van der Waals surface area contributed by atoms with Gasteiger partial charge in [-0.05, 0) is 36.2 Å². The molecule has 0 fully saturated rings. The monoisotopic (exact) mass is 336 g/mol. The molecule has 1 aliphatic heterocycles. The number of hydrogen-bond donors (Lipinski definition) is 0. The minimum Gasteiger partial charge on any atom is -0.485 e. The second-order valence-electron chi connectivity index (χ2n) is 5.93. The third-order valence-corrected chi connectivity index (χ3v) is 4.05. The van der Waals surface area contributed by atoms with Crippen LogP contribution in [0.1, 0.15) is 24.5 Å². The van der Waals surface area contributed by atoms with Crippen LogP contribution in [0.4, 0.5) is 0 Å². The molecule has 5 heteroatoms. The number of carbonyl (C=O) groups is 1. The van der Waals surface area contributed by atoms with E-state index in [0.29, 0.717) is 30.2 Å². The normalized spacial score (nSPS) is 15.3. The molecule has 0 saturated heterocycles. The van der Waals surface area contributed by atoms with Crippen molar-refractivity contribution in [1.82, 2.24) is 4.90 Å². The number of nitrogens with zero attached hydrogens (tertiary/aromatic N) is 2. The molecule has 1 aliphatic rings. The molecule has 2 aromatic carbocycles. The fourth-order valence-electron chi connectivity index (χ4n) is 2.79. The number of nitriles is 1. The van der Waals surface area contributed by atoms with Crippen molar-refractivity contribution in [2.75, 3.05) is 13.2 Å². The Morgan fingerprint density at radius 2 is 1.92 bits per heavy atom. The van der Waals surface area contributed by atoms with E-state index in [1.807, 2.05) is 37.3 Å². The molecule has 1 heterocycles. The largest absolute Gasteiger partial charge is 0.485 e. The molecule has 1 amide bonds. The maximum Gasteiger partial charge on any atom is 0.267 e. The summed E-state index contributed by atoms with van der Waals surface area (Å²) in [5.41, 5.74) is 1.59. The van der Waals surface area contributed by atoms with Crippen LogP contribution in [0.15, 0.2) is 48.5 Å². The van der Waals surface area contributed by atoms with E-state index in [9.17, 15) is 4.79 Å². The number of hydrogen-bond acceptors (Lipinski definition) is 4. The highest BCUT2D eigenvalue weighted by atomic mass is 16.6. The van der Waals surface area contributed by atoms with E-state index in [1.165, 1.54) is 0 Å². The molecule has 0 saturated carbocycles. The number of rotatable bonds is 5. The smallest absolute Gasteiger partial charge is 0.267 e. The molecule has 1 unspecified atom stereocenters. The number of amides is 1. The van der Waals surface area contributed by atoms with E-state index < -0.39 is 6.10 Å².